The van der Waals surface area contributed by atoms with E-state index in [1.807, 2.05) is 0 Å². The fourth-order valence-electron chi connectivity index (χ4n) is 1.75. The van der Waals surface area contributed by atoms with E-state index in [2.05, 4.69) is 20.6 Å². The van der Waals surface area contributed by atoms with Crippen LogP contribution >= 0.6 is 0 Å². The molecule has 1 aromatic heterocycles. The standard InChI is InChI=1S/C12H11F2N5O2/c1-6-10(19(20)21)11(18-12(15-2)16-6)17-9-4-7(13)3-8(14)5-9/h3-5H,1-2H3,(H2,15,16,17,18). The first-order chi connectivity index (χ1) is 9.90. The summed E-state index contributed by atoms with van der Waals surface area (Å²) in [7, 11) is 1.55. The van der Waals surface area contributed by atoms with E-state index in [4.69, 9.17) is 0 Å². The van der Waals surface area contributed by atoms with Crippen LogP contribution < -0.4 is 10.6 Å². The molecular weight excluding hydrogens is 284 g/mol. The first kappa shape index (κ1) is 14.6. The lowest BCUT2D eigenvalue weighted by Crippen LogP contribution is -2.07. The monoisotopic (exact) mass is 295 g/mol. The summed E-state index contributed by atoms with van der Waals surface area (Å²) in [5.74, 6) is -1.61. The molecule has 0 aliphatic carbocycles. The molecule has 1 aromatic carbocycles. The third kappa shape index (κ3) is 3.19. The van der Waals surface area contributed by atoms with Crippen molar-refractivity contribution in [3.63, 3.8) is 0 Å². The van der Waals surface area contributed by atoms with Crippen molar-refractivity contribution in [2.45, 2.75) is 6.92 Å². The summed E-state index contributed by atoms with van der Waals surface area (Å²) in [6, 6.07) is 2.70. The van der Waals surface area contributed by atoms with Gasteiger partial charge in [0.25, 0.3) is 0 Å². The van der Waals surface area contributed by atoms with Crippen molar-refractivity contribution in [1.29, 1.82) is 0 Å². The molecule has 110 valence electrons. The highest BCUT2D eigenvalue weighted by Gasteiger charge is 2.22. The maximum absolute atomic E-state index is 13.2. The van der Waals surface area contributed by atoms with Crippen molar-refractivity contribution in [3.05, 3.63) is 45.6 Å². The molecule has 21 heavy (non-hydrogen) atoms. The van der Waals surface area contributed by atoms with Gasteiger partial charge in [-0.1, -0.05) is 0 Å². The Morgan fingerprint density at radius 2 is 1.81 bits per heavy atom. The lowest BCUT2D eigenvalue weighted by molar-refractivity contribution is -0.385. The Kier molecular flexibility index (Phi) is 3.92. The summed E-state index contributed by atoms with van der Waals surface area (Å²) in [4.78, 5) is 18.2. The fourth-order valence-corrected chi connectivity index (χ4v) is 1.75. The SMILES string of the molecule is CNc1nc(C)c([N+](=O)[O-])c(Nc2cc(F)cc(F)c2)n1. The zero-order chi connectivity index (χ0) is 15.6. The molecule has 0 aliphatic heterocycles. The van der Waals surface area contributed by atoms with E-state index in [9.17, 15) is 18.9 Å². The topological polar surface area (TPSA) is 93.0 Å². The Balaban J connectivity index is 2.51. The molecular formula is C12H11F2N5O2. The third-order valence-electron chi connectivity index (χ3n) is 2.59. The number of halogens is 2. The normalized spacial score (nSPS) is 10.3. The van der Waals surface area contributed by atoms with E-state index in [1.54, 1.807) is 7.05 Å². The first-order valence-electron chi connectivity index (χ1n) is 5.84. The maximum Gasteiger partial charge on any atom is 0.332 e. The average molecular weight is 295 g/mol. The zero-order valence-electron chi connectivity index (χ0n) is 11.1. The molecule has 0 radical (unpaired) electrons. The van der Waals surface area contributed by atoms with Crippen LogP contribution in [0.15, 0.2) is 18.2 Å². The highest BCUT2D eigenvalue weighted by atomic mass is 19.1. The molecule has 0 aliphatic rings. The molecule has 0 spiro atoms. The second-order valence-electron chi connectivity index (χ2n) is 4.12. The highest BCUT2D eigenvalue weighted by molar-refractivity contribution is 5.68. The molecule has 2 N–H and O–H groups in total. The number of hydrogen-bond acceptors (Lipinski definition) is 6. The first-order valence-corrected chi connectivity index (χ1v) is 5.84. The van der Waals surface area contributed by atoms with Gasteiger partial charge >= 0.3 is 5.69 Å². The van der Waals surface area contributed by atoms with Gasteiger partial charge in [-0.25, -0.2) is 13.8 Å². The van der Waals surface area contributed by atoms with Crippen LogP contribution in [0.25, 0.3) is 0 Å². The predicted molar refractivity (Wildman–Crippen MR) is 72.6 cm³/mol. The molecule has 0 bridgehead atoms. The minimum absolute atomic E-state index is 0.00996. The number of hydrogen-bond donors (Lipinski definition) is 2. The van der Waals surface area contributed by atoms with Crippen LogP contribution in [0.2, 0.25) is 0 Å². The molecule has 9 heteroatoms. The van der Waals surface area contributed by atoms with E-state index < -0.39 is 16.6 Å². The summed E-state index contributed by atoms with van der Waals surface area (Å²) < 4.78 is 26.3. The van der Waals surface area contributed by atoms with E-state index in [0.29, 0.717) is 6.07 Å². The van der Waals surface area contributed by atoms with Gasteiger partial charge in [-0.05, 0) is 19.1 Å². The van der Waals surface area contributed by atoms with Crippen LogP contribution in [-0.4, -0.2) is 21.9 Å². The Morgan fingerprint density at radius 1 is 1.19 bits per heavy atom. The van der Waals surface area contributed by atoms with E-state index in [-0.39, 0.29) is 28.8 Å². The van der Waals surface area contributed by atoms with Gasteiger partial charge in [0.2, 0.25) is 11.8 Å². The van der Waals surface area contributed by atoms with Gasteiger partial charge < -0.3 is 10.6 Å². The van der Waals surface area contributed by atoms with Gasteiger partial charge in [0, 0.05) is 18.8 Å². The summed E-state index contributed by atoms with van der Waals surface area (Å²) in [6.45, 7) is 1.44. The summed E-state index contributed by atoms with van der Waals surface area (Å²) in [5, 5.41) is 16.3. The zero-order valence-corrected chi connectivity index (χ0v) is 11.1. The number of rotatable bonds is 4. The van der Waals surface area contributed by atoms with Gasteiger partial charge in [0.05, 0.1) is 4.92 Å². The van der Waals surface area contributed by atoms with Gasteiger partial charge in [0.1, 0.15) is 17.3 Å². The highest BCUT2D eigenvalue weighted by Crippen LogP contribution is 2.29. The molecule has 2 aromatic rings. The lowest BCUT2D eigenvalue weighted by atomic mass is 10.3. The molecule has 0 amide bonds. The Labute approximate surface area is 118 Å². The summed E-state index contributed by atoms with van der Waals surface area (Å²) >= 11 is 0. The molecule has 0 unspecified atom stereocenters. The minimum atomic E-state index is -0.806. The van der Waals surface area contributed by atoms with Gasteiger partial charge in [-0.15, -0.1) is 0 Å². The van der Waals surface area contributed by atoms with Gasteiger partial charge in [0.15, 0.2) is 0 Å². The van der Waals surface area contributed by atoms with Crippen molar-refractivity contribution >= 4 is 23.1 Å². The van der Waals surface area contributed by atoms with Crippen LogP contribution in [-0.2, 0) is 0 Å². The Bertz CT molecular complexity index is 688. The molecule has 1 heterocycles. The number of nitrogens with zero attached hydrogens (tertiary/aromatic N) is 3. The van der Waals surface area contributed by atoms with Crippen molar-refractivity contribution in [2.75, 3.05) is 17.7 Å². The van der Waals surface area contributed by atoms with E-state index >= 15 is 0 Å². The number of nitro groups is 1. The van der Waals surface area contributed by atoms with Crippen LogP contribution in [0.3, 0.4) is 0 Å². The summed E-state index contributed by atoms with van der Waals surface area (Å²) in [5.41, 5.74) is -0.229. The number of aromatic nitrogens is 2. The van der Waals surface area contributed by atoms with Crippen molar-refractivity contribution in [3.8, 4) is 0 Å². The van der Waals surface area contributed by atoms with Gasteiger partial charge in [-0.3, -0.25) is 10.1 Å². The Morgan fingerprint density at radius 3 is 2.33 bits per heavy atom. The Hall–Kier alpha value is -2.84. The number of anilines is 3. The maximum atomic E-state index is 13.2. The molecule has 0 saturated carbocycles. The summed E-state index contributed by atoms with van der Waals surface area (Å²) in [6.07, 6.45) is 0. The smallest absolute Gasteiger partial charge is 0.332 e. The average Bonchev–Trinajstić information content (AvgIpc) is 2.36. The third-order valence-corrected chi connectivity index (χ3v) is 2.59. The number of nitrogens with one attached hydrogen (secondary N) is 2. The van der Waals surface area contributed by atoms with Crippen LogP contribution in [0.4, 0.5) is 31.9 Å². The molecule has 7 nitrogen and oxygen atoms in total. The predicted octanol–water partition coefficient (Wildman–Crippen LogP) is 2.76. The van der Waals surface area contributed by atoms with Crippen molar-refractivity contribution in [1.82, 2.24) is 9.97 Å². The van der Waals surface area contributed by atoms with Crippen LogP contribution in [0.5, 0.6) is 0 Å². The second-order valence-corrected chi connectivity index (χ2v) is 4.12. The molecule has 0 fully saturated rings. The quantitative estimate of drug-likeness (QED) is 0.665. The lowest BCUT2D eigenvalue weighted by Gasteiger charge is -2.09. The second kappa shape index (κ2) is 5.65. The largest absolute Gasteiger partial charge is 0.357 e. The van der Waals surface area contributed by atoms with Crippen molar-refractivity contribution < 1.29 is 13.7 Å². The molecule has 0 saturated heterocycles. The molecule has 0 atom stereocenters. The molecule has 2 rings (SSSR count). The van der Waals surface area contributed by atoms with E-state index in [0.717, 1.165) is 12.1 Å². The van der Waals surface area contributed by atoms with E-state index in [1.165, 1.54) is 6.92 Å². The minimum Gasteiger partial charge on any atom is -0.357 e. The van der Waals surface area contributed by atoms with Crippen LogP contribution in [0.1, 0.15) is 5.69 Å². The number of aryl methyl sites for hydroxylation is 1. The number of benzene rings is 1. The fraction of sp³-hybridized carbons (Fsp3) is 0.167. The van der Waals surface area contributed by atoms with Crippen LogP contribution in [0, 0.1) is 28.7 Å². The van der Waals surface area contributed by atoms with Gasteiger partial charge in [-0.2, -0.15) is 4.98 Å². The van der Waals surface area contributed by atoms with Crippen molar-refractivity contribution in [2.24, 2.45) is 0 Å².